The Labute approximate surface area is 137 Å². The van der Waals surface area contributed by atoms with Gasteiger partial charge in [0.25, 0.3) is 0 Å². The van der Waals surface area contributed by atoms with Crippen LogP contribution in [0.25, 0.3) is 27.5 Å². The van der Waals surface area contributed by atoms with Crippen LogP contribution in [0.3, 0.4) is 0 Å². The molecular weight excluding hydrogens is 336 g/mol. The quantitative estimate of drug-likeness (QED) is 0.467. The maximum absolute atomic E-state index is 4.66. The van der Waals surface area contributed by atoms with Crippen molar-refractivity contribution in [2.24, 2.45) is 0 Å². The van der Waals surface area contributed by atoms with Crippen molar-refractivity contribution in [2.75, 3.05) is 0 Å². The first kappa shape index (κ1) is 13.5. The number of hydrogen-bond acceptors (Lipinski definition) is 1. The van der Waals surface area contributed by atoms with Gasteiger partial charge >= 0.3 is 0 Å². The Morgan fingerprint density at radius 2 is 1.64 bits per heavy atom. The number of rotatable bonds is 2. The van der Waals surface area contributed by atoms with E-state index in [1.54, 1.807) is 0 Å². The number of pyridine rings is 1. The zero-order chi connectivity index (χ0) is 15.1. The number of nitrogens with zero attached hydrogens (tertiary/aromatic N) is 2. The van der Waals surface area contributed by atoms with Crippen LogP contribution in [0.4, 0.5) is 0 Å². The summed E-state index contributed by atoms with van der Waals surface area (Å²) in [7, 11) is 0. The monoisotopic (exact) mass is 350 g/mol. The molecule has 0 saturated carbocycles. The largest absolute Gasteiger partial charge is 0.231 e. The predicted molar refractivity (Wildman–Crippen MR) is 95.2 cm³/mol. The van der Waals surface area contributed by atoms with E-state index in [2.05, 4.69) is 81.0 Å². The number of halogens is 1. The van der Waals surface area contributed by atoms with E-state index < -0.39 is 0 Å². The molecule has 108 valence electrons. The SMILES string of the molecule is CCc1cnn2c(-c3ccccc3)c(Br)c3ccccc3c12. The van der Waals surface area contributed by atoms with Crippen LogP contribution in [0.5, 0.6) is 0 Å². The van der Waals surface area contributed by atoms with Crippen LogP contribution in [0, 0.1) is 0 Å². The summed E-state index contributed by atoms with van der Waals surface area (Å²) in [5, 5.41) is 7.13. The van der Waals surface area contributed by atoms with Gasteiger partial charge < -0.3 is 0 Å². The van der Waals surface area contributed by atoms with Crippen molar-refractivity contribution in [3.8, 4) is 11.3 Å². The second-order valence-electron chi connectivity index (χ2n) is 5.36. The van der Waals surface area contributed by atoms with Gasteiger partial charge in [-0.05, 0) is 27.9 Å². The van der Waals surface area contributed by atoms with Gasteiger partial charge in [0.2, 0.25) is 0 Å². The third-order valence-corrected chi connectivity index (χ3v) is 4.91. The molecular formula is C19H15BrN2. The molecule has 0 fully saturated rings. The lowest BCUT2D eigenvalue weighted by molar-refractivity contribution is 0.971. The van der Waals surface area contributed by atoms with Crippen LogP contribution < -0.4 is 0 Å². The second kappa shape index (κ2) is 5.25. The molecule has 0 saturated heterocycles. The Morgan fingerprint density at radius 1 is 0.955 bits per heavy atom. The Hall–Kier alpha value is -2.13. The van der Waals surface area contributed by atoms with Crippen molar-refractivity contribution in [2.45, 2.75) is 13.3 Å². The maximum Gasteiger partial charge on any atom is 0.0873 e. The van der Waals surface area contributed by atoms with Crippen molar-refractivity contribution >= 4 is 32.2 Å². The topological polar surface area (TPSA) is 17.3 Å². The number of hydrogen-bond donors (Lipinski definition) is 0. The highest BCUT2D eigenvalue weighted by molar-refractivity contribution is 9.10. The van der Waals surface area contributed by atoms with Crippen LogP contribution in [0.2, 0.25) is 0 Å². The first-order chi connectivity index (χ1) is 10.8. The standard InChI is InChI=1S/C19H15BrN2/c1-2-13-12-21-22-18(13)16-11-7-6-10-15(16)17(20)19(22)14-8-4-3-5-9-14/h3-12H,2H2,1H3. The molecule has 0 bridgehead atoms. The fraction of sp³-hybridized carbons (Fsp3) is 0.105. The van der Waals surface area contributed by atoms with Crippen LogP contribution in [0.15, 0.2) is 65.3 Å². The van der Waals surface area contributed by atoms with E-state index in [0.717, 1.165) is 22.2 Å². The molecule has 0 N–H and O–H groups in total. The molecule has 2 nitrogen and oxygen atoms in total. The Kier molecular flexibility index (Phi) is 3.23. The molecule has 0 amide bonds. The van der Waals surface area contributed by atoms with Gasteiger partial charge in [-0.15, -0.1) is 0 Å². The number of benzene rings is 2. The van der Waals surface area contributed by atoms with Crippen LogP contribution in [-0.4, -0.2) is 9.61 Å². The van der Waals surface area contributed by atoms with E-state index in [-0.39, 0.29) is 0 Å². The number of aromatic nitrogens is 2. The summed E-state index contributed by atoms with van der Waals surface area (Å²) in [5.41, 5.74) is 4.76. The molecule has 0 aliphatic heterocycles. The molecule has 2 aromatic heterocycles. The molecule has 22 heavy (non-hydrogen) atoms. The minimum absolute atomic E-state index is 0.976. The summed E-state index contributed by atoms with van der Waals surface area (Å²) >= 11 is 3.81. The van der Waals surface area contributed by atoms with Gasteiger partial charge in [-0.25, -0.2) is 4.52 Å². The molecule has 0 aliphatic carbocycles. The fourth-order valence-corrected chi connectivity index (χ4v) is 3.79. The highest BCUT2D eigenvalue weighted by Gasteiger charge is 2.17. The van der Waals surface area contributed by atoms with Crippen LogP contribution >= 0.6 is 15.9 Å². The van der Waals surface area contributed by atoms with Crippen LogP contribution in [0.1, 0.15) is 12.5 Å². The van der Waals surface area contributed by atoms with E-state index in [4.69, 9.17) is 0 Å². The highest BCUT2D eigenvalue weighted by atomic mass is 79.9. The first-order valence-electron chi connectivity index (χ1n) is 7.43. The van der Waals surface area contributed by atoms with E-state index in [1.807, 2.05) is 12.3 Å². The predicted octanol–water partition coefficient (Wildman–Crippen LogP) is 5.48. The summed E-state index contributed by atoms with van der Waals surface area (Å²) in [6.07, 6.45) is 2.96. The molecule has 3 heteroatoms. The van der Waals surface area contributed by atoms with Gasteiger partial charge in [0.05, 0.1) is 21.9 Å². The lowest BCUT2D eigenvalue weighted by Gasteiger charge is -2.13. The third kappa shape index (κ3) is 1.89. The van der Waals surface area contributed by atoms with E-state index in [9.17, 15) is 0 Å². The van der Waals surface area contributed by atoms with Gasteiger partial charge in [-0.2, -0.15) is 5.10 Å². The number of aryl methyl sites for hydroxylation is 1. The Morgan fingerprint density at radius 3 is 2.36 bits per heavy atom. The van der Waals surface area contributed by atoms with Gasteiger partial charge in [-0.3, -0.25) is 0 Å². The molecule has 0 aliphatic rings. The summed E-state index contributed by atoms with van der Waals surface area (Å²) in [4.78, 5) is 0. The smallest absolute Gasteiger partial charge is 0.0873 e. The van der Waals surface area contributed by atoms with Crippen molar-refractivity contribution in [1.29, 1.82) is 0 Å². The average Bonchev–Trinajstić information content (AvgIpc) is 3.00. The second-order valence-corrected chi connectivity index (χ2v) is 6.15. The van der Waals surface area contributed by atoms with Crippen molar-refractivity contribution < 1.29 is 0 Å². The van der Waals surface area contributed by atoms with Gasteiger partial charge in [-0.1, -0.05) is 61.5 Å². The fourth-order valence-electron chi connectivity index (χ4n) is 3.04. The third-order valence-electron chi connectivity index (χ3n) is 4.11. The minimum atomic E-state index is 0.976. The maximum atomic E-state index is 4.66. The zero-order valence-electron chi connectivity index (χ0n) is 12.3. The van der Waals surface area contributed by atoms with Crippen molar-refractivity contribution in [1.82, 2.24) is 9.61 Å². The molecule has 2 heterocycles. The lowest BCUT2D eigenvalue weighted by atomic mass is 10.0. The summed E-state index contributed by atoms with van der Waals surface area (Å²) in [6.45, 7) is 2.18. The average molecular weight is 351 g/mol. The van der Waals surface area contributed by atoms with Gasteiger partial charge in [0.1, 0.15) is 0 Å². The first-order valence-corrected chi connectivity index (χ1v) is 8.22. The van der Waals surface area contributed by atoms with Gasteiger partial charge in [0.15, 0.2) is 0 Å². The molecule has 0 unspecified atom stereocenters. The Balaban J connectivity index is 2.24. The van der Waals surface area contributed by atoms with Crippen molar-refractivity contribution in [3.63, 3.8) is 0 Å². The zero-order valence-corrected chi connectivity index (χ0v) is 13.8. The van der Waals surface area contributed by atoms with E-state index >= 15 is 0 Å². The number of fused-ring (bicyclic) bond motifs is 3. The lowest BCUT2D eigenvalue weighted by Crippen LogP contribution is -1.97. The molecule has 2 aromatic carbocycles. The molecule has 0 radical (unpaired) electrons. The van der Waals surface area contributed by atoms with E-state index in [1.165, 1.54) is 21.9 Å². The normalized spacial score (nSPS) is 11.4. The highest BCUT2D eigenvalue weighted by Crippen LogP contribution is 2.37. The Bertz CT molecular complexity index is 971. The van der Waals surface area contributed by atoms with E-state index in [0.29, 0.717) is 0 Å². The molecule has 0 spiro atoms. The van der Waals surface area contributed by atoms with Crippen molar-refractivity contribution in [3.05, 3.63) is 70.8 Å². The summed E-state index contributed by atoms with van der Waals surface area (Å²) in [5.74, 6) is 0. The summed E-state index contributed by atoms with van der Waals surface area (Å²) < 4.78 is 3.16. The summed E-state index contributed by atoms with van der Waals surface area (Å²) in [6, 6.07) is 18.9. The van der Waals surface area contributed by atoms with Crippen LogP contribution in [-0.2, 0) is 6.42 Å². The molecule has 4 rings (SSSR count). The van der Waals surface area contributed by atoms with Gasteiger partial charge in [0, 0.05) is 16.3 Å². The minimum Gasteiger partial charge on any atom is -0.231 e. The molecule has 0 atom stereocenters. The molecule has 4 aromatic rings.